The second-order valence-corrected chi connectivity index (χ2v) is 6.78. The Morgan fingerprint density at radius 1 is 1.29 bits per heavy atom. The summed E-state index contributed by atoms with van der Waals surface area (Å²) >= 11 is 1.43. The van der Waals surface area contributed by atoms with E-state index in [-0.39, 0.29) is 18.3 Å². The first-order valence-electron chi connectivity index (χ1n) is 7.82. The van der Waals surface area contributed by atoms with Gasteiger partial charge in [-0.15, -0.1) is 11.3 Å². The number of aromatic nitrogens is 1. The van der Waals surface area contributed by atoms with E-state index >= 15 is 0 Å². The lowest BCUT2D eigenvalue weighted by Crippen LogP contribution is -2.17. The zero-order chi connectivity index (χ0) is 17.1. The summed E-state index contributed by atoms with van der Waals surface area (Å²) in [6.45, 7) is 1.08. The summed E-state index contributed by atoms with van der Waals surface area (Å²) in [6, 6.07) is 3.34. The van der Waals surface area contributed by atoms with Gasteiger partial charge in [0.05, 0.1) is 11.3 Å². The molecule has 1 aliphatic rings. The number of Topliss-reactive ketones (excluding diaryl/α,β-unsaturated/α-hetero) is 1. The average molecular weight is 346 g/mol. The number of nitrogens with one attached hydrogen (secondary N) is 2. The third-order valence-corrected chi connectivity index (χ3v) is 5.10. The molecule has 126 valence electrons. The van der Waals surface area contributed by atoms with E-state index < -0.39 is 5.97 Å². The van der Waals surface area contributed by atoms with Crippen LogP contribution in [0.5, 0.6) is 0 Å². The van der Waals surface area contributed by atoms with Crippen LogP contribution in [0, 0.1) is 0 Å². The number of anilines is 1. The Kier molecular flexibility index (Phi) is 4.80. The van der Waals surface area contributed by atoms with Crippen molar-refractivity contribution in [1.82, 2.24) is 4.98 Å². The first-order valence-corrected chi connectivity index (χ1v) is 8.63. The number of carbonyl (C=O) groups excluding carboxylic acids is 3. The van der Waals surface area contributed by atoms with Gasteiger partial charge in [0.2, 0.25) is 11.7 Å². The summed E-state index contributed by atoms with van der Waals surface area (Å²) in [5, 5.41) is 3.23. The molecule has 0 aliphatic heterocycles. The molecular formula is C17H18N2O4S. The van der Waals surface area contributed by atoms with E-state index in [9.17, 15) is 14.4 Å². The van der Waals surface area contributed by atoms with Gasteiger partial charge >= 0.3 is 5.97 Å². The van der Waals surface area contributed by atoms with Crippen LogP contribution in [0.25, 0.3) is 0 Å². The number of hydrogen-bond acceptors (Lipinski definition) is 5. The zero-order valence-corrected chi connectivity index (χ0v) is 14.1. The molecule has 0 radical (unpaired) electrons. The molecule has 2 heterocycles. The van der Waals surface area contributed by atoms with E-state index in [4.69, 9.17) is 4.74 Å². The largest absolute Gasteiger partial charge is 0.454 e. The smallest absolute Gasteiger partial charge is 0.341 e. The minimum absolute atomic E-state index is 0.231. The molecular weight excluding hydrogens is 328 g/mol. The first kappa shape index (κ1) is 16.4. The molecule has 0 spiro atoms. The highest BCUT2D eigenvalue weighted by Gasteiger charge is 2.27. The number of ether oxygens (including phenoxy) is 1. The van der Waals surface area contributed by atoms with Crippen molar-refractivity contribution < 1.29 is 19.1 Å². The molecule has 24 heavy (non-hydrogen) atoms. The lowest BCUT2D eigenvalue weighted by Gasteiger charge is -2.12. The van der Waals surface area contributed by atoms with Gasteiger partial charge in [0.15, 0.2) is 6.61 Å². The van der Waals surface area contributed by atoms with Gasteiger partial charge in [-0.2, -0.15) is 0 Å². The number of esters is 1. The maximum Gasteiger partial charge on any atom is 0.341 e. The van der Waals surface area contributed by atoms with Crippen LogP contribution in [-0.4, -0.2) is 29.3 Å². The Bertz CT molecular complexity index is 777. The first-order chi connectivity index (χ1) is 11.6. The number of hydrogen-bond donors (Lipinski definition) is 2. The molecule has 6 nitrogen and oxygen atoms in total. The van der Waals surface area contributed by atoms with Crippen molar-refractivity contribution in [3.63, 3.8) is 0 Å². The van der Waals surface area contributed by atoms with Crippen LogP contribution < -0.4 is 5.32 Å². The highest BCUT2D eigenvalue weighted by molar-refractivity contribution is 7.17. The third kappa shape index (κ3) is 3.41. The Balaban J connectivity index is 1.79. The van der Waals surface area contributed by atoms with Gasteiger partial charge in [0.25, 0.3) is 0 Å². The lowest BCUT2D eigenvalue weighted by atomic mass is 9.95. The monoisotopic (exact) mass is 346 g/mol. The number of carbonyl (C=O) groups is 3. The van der Waals surface area contributed by atoms with Crippen LogP contribution in [0.2, 0.25) is 0 Å². The number of thiophene rings is 1. The van der Waals surface area contributed by atoms with E-state index in [2.05, 4.69) is 10.3 Å². The topological polar surface area (TPSA) is 88.3 Å². The molecule has 0 atom stereocenters. The Labute approximate surface area is 143 Å². The zero-order valence-electron chi connectivity index (χ0n) is 13.3. The second-order valence-electron chi connectivity index (χ2n) is 5.68. The standard InChI is InChI=1S/C17H18N2O4S/c1-10(20)19-16-15(11-5-2-3-7-14(11)24-16)17(22)23-9-13(21)12-6-4-8-18-12/h4,6,8,18H,2-3,5,7,9H2,1H3,(H,19,20). The summed E-state index contributed by atoms with van der Waals surface area (Å²) in [7, 11) is 0. The van der Waals surface area contributed by atoms with Crippen molar-refractivity contribution >= 4 is 34.0 Å². The molecule has 0 fully saturated rings. The van der Waals surface area contributed by atoms with E-state index in [1.54, 1.807) is 18.3 Å². The SMILES string of the molecule is CC(=O)Nc1sc2c(c1C(=O)OCC(=O)c1ccc[nH]1)CCCC2. The fourth-order valence-corrected chi connectivity index (χ4v) is 4.14. The highest BCUT2D eigenvalue weighted by Crippen LogP contribution is 2.38. The number of rotatable bonds is 5. The normalized spacial score (nSPS) is 13.2. The molecule has 0 saturated heterocycles. The Morgan fingerprint density at radius 3 is 2.79 bits per heavy atom. The van der Waals surface area contributed by atoms with Crippen LogP contribution in [0.3, 0.4) is 0 Å². The summed E-state index contributed by atoms with van der Waals surface area (Å²) in [4.78, 5) is 39.8. The molecule has 7 heteroatoms. The number of H-pyrrole nitrogens is 1. The second kappa shape index (κ2) is 7.00. The average Bonchev–Trinajstić information content (AvgIpc) is 3.19. The van der Waals surface area contributed by atoms with Crippen molar-refractivity contribution in [3.05, 3.63) is 40.0 Å². The predicted octanol–water partition coefficient (Wildman–Crippen LogP) is 2.95. The van der Waals surface area contributed by atoms with Gasteiger partial charge in [-0.25, -0.2) is 4.79 Å². The van der Waals surface area contributed by atoms with Crippen molar-refractivity contribution in [2.75, 3.05) is 11.9 Å². The fraction of sp³-hybridized carbons (Fsp3) is 0.353. The number of fused-ring (bicyclic) bond motifs is 1. The Morgan fingerprint density at radius 2 is 2.08 bits per heavy atom. The van der Waals surface area contributed by atoms with E-state index in [1.807, 2.05) is 0 Å². The van der Waals surface area contributed by atoms with Crippen LogP contribution in [-0.2, 0) is 22.4 Å². The third-order valence-electron chi connectivity index (χ3n) is 3.90. The number of aryl methyl sites for hydroxylation is 1. The van der Waals surface area contributed by atoms with Crippen molar-refractivity contribution in [2.45, 2.75) is 32.6 Å². The van der Waals surface area contributed by atoms with Gasteiger partial charge in [0, 0.05) is 18.0 Å². The van der Waals surface area contributed by atoms with Gasteiger partial charge in [0.1, 0.15) is 5.00 Å². The molecule has 1 amide bonds. The number of aromatic amines is 1. The Hall–Kier alpha value is -2.41. The maximum absolute atomic E-state index is 12.5. The number of ketones is 1. The van der Waals surface area contributed by atoms with E-state index in [0.717, 1.165) is 36.1 Å². The molecule has 0 bridgehead atoms. The van der Waals surface area contributed by atoms with Crippen LogP contribution in [0.4, 0.5) is 5.00 Å². The van der Waals surface area contributed by atoms with E-state index in [1.165, 1.54) is 18.3 Å². The molecule has 0 saturated carbocycles. The molecule has 2 aromatic rings. The predicted molar refractivity (Wildman–Crippen MR) is 90.7 cm³/mol. The van der Waals surface area contributed by atoms with Crippen molar-refractivity contribution in [1.29, 1.82) is 0 Å². The molecule has 3 rings (SSSR count). The molecule has 0 aromatic carbocycles. The summed E-state index contributed by atoms with van der Waals surface area (Å²) in [5.41, 5.74) is 1.76. The van der Waals surface area contributed by atoms with Crippen molar-refractivity contribution in [2.24, 2.45) is 0 Å². The van der Waals surface area contributed by atoms with Crippen LogP contribution in [0.1, 0.15) is 51.1 Å². The van der Waals surface area contributed by atoms with Gasteiger partial charge in [-0.1, -0.05) is 0 Å². The van der Waals surface area contributed by atoms with Gasteiger partial charge in [-0.05, 0) is 43.4 Å². The highest BCUT2D eigenvalue weighted by atomic mass is 32.1. The van der Waals surface area contributed by atoms with Gasteiger partial charge < -0.3 is 15.0 Å². The summed E-state index contributed by atoms with van der Waals surface area (Å²) in [6.07, 6.45) is 5.42. The number of amides is 1. The maximum atomic E-state index is 12.5. The molecule has 2 N–H and O–H groups in total. The van der Waals surface area contributed by atoms with Gasteiger partial charge in [-0.3, -0.25) is 9.59 Å². The van der Waals surface area contributed by atoms with Crippen LogP contribution in [0.15, 0.2) is 18.3 Å². The molecule has 2 aromatic heterocycles. The molecule has 1 aliphatic carbocycles. The quantitative estimate of drug-likeness (QED) is 0.643. The summed E-state index contributed by atoms with van der Waals surface area (Å²) in [5.74, 6) is -1.08. The van der Waals surface area contributed by atoms with Crippen molar-refractivity contribution in [3.8, 4) is 0 Å². The minimum atomic E-state index is -0.557. The van der Waals surface area contributed by atoms with Crippen LogP contribution >= 0.6 is 11.3 Å². The fourth-order valence-electron chi connectivity index (χ4n) is 2.81. The molecule has 0 unspecified atom stereocenters. The minimum Gasteiger partial charge on any atom is -0.454 e. The summed E-state index contributed by atoms with van der Waals surface area (Å²) < 4.78 is 5.21. The lowest BCUT2D eigenvalue weighted by molar-refractivity contribution is -0.114. The van der Waals surface area contributed by atoms with E-state index in [0.29, 0.717) is 16.3 Å².